The Morgan fingerprint density at radius 1 is 1.53 bits per heavy atom. The van der Waals surface area contributed by atoms with Gasteiger partial charge in [-0.1, -0.05) is 0 Å². The Kier molecular flexibility index (Phi) is 3.96. The summed E-state index contributed by atoms with van der Waals surface area (Å²) in [5, 5.41) is 7.78. The van der Waals surface area contributed by atoms with Gasteiger partial charge in [-0.25, -0.2) is 4.39 Å². The molecule has 1 unspecified atom stereocenters. The smallest absolute Gasteiger partial charge is 0.243 e. The highest BCUT2D eigenvalue weighted by molar-refractivity contribution is 5.96. The molecule has 1 aromatic carbocycles. The molecule has 7 heteroatoms. The van der Waals surface area contributed by atoms with E-state index in [0.717, 1.165) is 0 Å². The number of hydrogen-bond acceptors (Lipinski definition) is 4. The molecule has 1 aliphatic rings. The van der Waals surface area contributed by atoms with E-state index in [4.69, 9.17) is 4.74 Å². The molecule has 19 heavy (non-hydrogen) atoms. The number of hydrogen-bond donors (Lipinski definition) is 3. The fourth-order valence-electron chi connectivity index (χ4n) is 1.70. The highest BCUT2D eigenvalue weighted by atomic mass is 19.1. The molecule has 102 valence electrons. The van der Waals surface area contributed by atoms with Crippen molar-refractivity contribution in [1.82, 2.24) is 10.6 Å². The summed E-state index contributed by atoms with van der Waals surface area (Å²) in [6.45, 7) is 0.245. The number of halogens is 1. The normalized spacial score (nSPS) is 18.6. The Morgan fingerprint density at radius 2 is 2.32 bits per heavy atom. The van der Waals surface area contributed by atoms with Crippen LogP contribution in [0.2, 0.25) is 0 Å². The number of benzene rings is 1. The van der Waals surface area contributed by atoms with Gasteiger partial charge in [0.2, 0.25) is 11.8 Å². The van der Waals surface area contributed by atoms with Gasteiger partial charge >= 0.3 is 0 Å². The van der Waals surface area contributed by atoms with Crippen molar-refractivity contribution in [2.75, 3.05) is 25.5 Å². The van der Waals surface area contributed by atoms with Crippen LogP contribution in [-0.2, 0) is 9.59 Å². The highest BCUT2D eigenvalue weighted by Crippen LogP contribution is 2.21. The standard InChI is InChI=1S/C12H14FN3O3/c1-19-7-2-3-8(13)9(4-7)16-12(18)10-5-15-11(17)6-14-10/h2-4,10,14H,5-6H2,1H3,(H,15,17)(H,16,18). The second kappa shape index (κ2) is 5.66. The molecule has 0 aromatic heterocycles. The molecule has 0 spiro atoms. The third-order valence-corrected chi connectivity index (χ3v) is 2.76. The number of rotatable bonds is 3. The molecule has 0 aliphatic carbocycles. The van der Waals surface area contributed by atoms with Crippen molar-refractivity contribution in [1.29, 1.82) is 0 Å². The molecule has 2 rings (SSSR count). The van der Waals surface area contributed by atoms with Gasteiger partial charge in [0.1, 0.15) is 17.6 Å². The van der Waals surface area contributed by atoms with E-state index < -0.39 is 17.8 Å². The molecule has 2 amide bonds. The van der Waals surface area contributed by atoms with Gasteiger partial charge in [-0.15, -0.1) is 0 Å². The van der Waals surface area contributed by atoms with E-state index in [1.54, 1.807) is 0 Å². The van der Waals surface area contributed by atoms with Crippen molar-refractivity contribution in [3.8, 4) is 5.75 Å². The van der Waals surface area contributed by atoms with Gasteiger partial charge in [0, 0.05) is 12.6 Å². The van der Waals surface area contributed by atoms with Crippen LogP contribution in [0.1, 0.15) is 0 Å². The lowest BCUT2D eigenvalue weighted by atomic mass is 10.2. The number of piperazine rings is 1. The molecule has 1 atom stereocenters. The Bertz CT molecular complexity index is 497. The van der Waals surface area contributed by atoms with Crippen molar-refractivity contribution in [2.45, 2.75) is 6.04 Å². The van der Waals surface area contributed by atoms with Crippen LogP contribution in [-0.4, -0.2) is 38.1 Å². The molecular weight excluding hydrogens is 253 g/mol. The minimum absolute atomic E-state index is 0.0445. The third-order valence-electron chi connectivity index (χ3n) is 2.76. The summed E-state index contributed by atoms with van der Waals surface area (Å²) in [6.07, 6.45) is 0. The topological polar surface area (TPSA) is 79.5 Å². The summed E-state index contributed by atoms with van der Waals surface area (Å²) in [4.78, 5) is 22.8. The van der Waals surface area contributed by atoms with Gasteiger partial charge in [0.05, 0.1) is 19.3 Å². The molecule has 1 aliphatic heterocycles. The van der Waals surface area contributed by atoms with Crippen LogP contribution in [0.3, 0.4) is 0 Å². The van der Waals surface area contributed by atoms with E-state index in [0.29, 0.717) is 5.75 Å². The van der Waals surface area contributed by atoms with E-state index in [2.05, 4.69) is 16.0 Å². The molecule has 0 saturated carbocycles. The lowest BCUT2D eigenvalue weighted by Crippen LogP contribution is -2.56. The predicted molar refractivity (Wildman–Crippen MR) is 66.4 cm³/mol. The van der Waals surface area contributed by atoms with Crippen molar-refractivity contribution in [2.24, 2.45) is 0 Å². The van der Waals surface area contributed by atoms with Gasteiger partial charge in [-0.2, -0.15) is 0 Å². The number of carbonyl (C=O) groups excluding carboxylic acids is 2. The molecule has 0 bridgehead atoms. The van der Waals surface area contributed by atoms with Crippen molar-refractivity contribution in [3.63, 3.8) is 0 Å². The number of carbonyl (C=O) groups is 2. The predicted octanol–water partition coefficient (Wildman–Crippen LogP) is -0.139. The largest absolute Gasteiger partial charge is 0.497 e. The van der Waals surface area contributed by atoms with E-state index in [9.17, 15) is 14.0 Å². The van der Waals surface area contributed by atoms with Crippen molar-refractivity contribution >= 4 is 17.5 Å². The van der Waals surface area contributed by atoms with Gasteiger partial charge in [-0.05, 0) is 12.1 Å². The van der Waals surface area contributed by atoms with Gasteiger partial charge in [0.25, 0.3) is 0 Å². The molecule has 3 N–H and O–H groups in total. The zero-order valence-electron chi connectivity index (χ0n) is 10.3. The summed E-state index contributed by atoms with van der Waals surface area (Å²) in [5.41, 5.74) is 0.0445. The van der Waals surface area contributed by atoms with E-state index in [-0.39, 0.29) is 24.7 Å². The number of methoxy groups -OCH3 is 1. The third kappa shape index (κ3) is 3.19. The molecule has 1 aromatic rings. The summed E-state index contributed by atoms with van der Waals surface area (Å²) in [6, 6.07) is 3.49. The van der Waals surface area contributed by atoms with Crippen LogP contribution in [0.4, 0.5) is 10.1 Å². The average molecular weight is 267 g/mol. The minimum Gasteiger partial charge on any atom is -0.497 e. The molecular formula is C12H14FN3O3. The minimum atomic E-state index is -0.580. The lowest BCUT2D eigenvalue weighted by molar-refractivity contribution is -0.124. The number of ether oxygens (including phenoxy) is 1. The van der Waals surface area contributed by atoms with Gasteiger partial charge in [-0.3, -0.25) is 14.9 Å². The quantitative estimate of drug-likeness (QED) is 0.712. The lowest BCUT2D eigenvalue weighted by Gasteiger charge is -2.23. The van der Waals surface area contributed by atoms with Crippen LogP contribution >= 0.6 is 0 Å². The van der Waals surface area contributed by atoms with Crippen LogP contribution in [0.25, 0.3) is 0 Å². The van der Waals surface area contributed by atoms with Crippen LogP contribution < -0.4 is 20.7 Å². The number of amides is 2. The highest BCUT2D eigenvalue weighted by Gasteiger charge is 2.24. The van der Waals surface area contributed by atoms with Gasteiger partial charge < -0.3 is 15.4 Å². The summed E-state index contributed by atoms with van der Waals surface area (Å²) < 4.78 is 18.5. The van der Waals surface area contributed by atoms with Crippen molar-refractivity contribution < 1.29 is 18.7 Å². The first-order valence-corrected chi connectivity index (χ1v) is 5.74. The number of nitrogens with one attached hydrogen (secondary N) is 3. The summed E-state index contributed by atoms with van der Waals surface area (Å²) in [7, 11) is 1.46. The van der Waals surface area contributed by atoms with Gasteiger partial charge in [0.15, 0.2) is 0 Å². The zero-order valence-corrected chi connectivity index (χ0v) is 10.3. The van der Waals surface area contributed by atoms with E-state index >= 15 is 0 Å². The SMILES string of the molecule is COc1ccc(F)c(NC(=O)C2CNC(=O)CN2)c1. The Hall–Kier alpha value is -2.15. The fourth-order valence-corrected chi connectivity index (χ4v) is 1.70. The molecule has 0 radical (unpaired) electrons. The monoisotopic (exact) mass is 267 g/mol. The Morgan fingerprint density at radius 3 is 2.95 bits per heavy atom. The van der Waals surface area contributed by atoms with E-state index in [1.807, 2.05) is 0 Å². The zero-order chi connectivity index (χ0) is 13.8. The van der Waals surface area contributed by atoms with E-state index in [1.165, 1.54) is 25.3 Å². The second-order valence-corrected chi connectivity index (χ2v) is 4.07. The van der Waals surface area contributed by atoms with Crippen LogP contribution in [0, 0.1) is 5.82 Å². The average Bonchev–Trinajstić information content (AvgIpc) is 2.42. The second-order valence-electron chi connectivity index (χ2n) is 4.07. The summed E-state index contributed by atoms with van der Waals surface area (Å²) in [5.74, 6) is -0.681. The molecule has 6 nitrogen and oxygen atoms in total. The Labute approximate surface area is 109 Å². The summed E-state index contributed by atoms with van der Waals surface area (Å²) >= 11 is 0. The maximum absolute atomic E-state index is 13.5. The molecule has 1 heterocycles. The fraction of sp³-hybridized carbons (Fsp3) is 0.333. The first-order valence-electron chi connectivity index (χ1n) is 5.74. The van der Waals surface area contributed by atoms with Crippen LogP contribution in [0.5, 0.6) is 5.75 Å². The number of anilines is 1. The first-order chi connectivity index (χ1) is 9.10. The maximum atomic E-state index is 13.5. The van der Waals surface area contributed by atoms with Crippen molar-refractivity contribution in [3.05, 3.63) is 24.0 Å². The molecule has 1 saturated heterocycles. The maximum Gasteiger partial charge on any atom is 0.243 e. The first kappa shape index (κ1) is 13.3. The van der Waals surface area contributed by atoms with Crippen LogP contribution in [0.15, 0.2) is 18.2 Å². The molecule has 1 fully saturated rings. The Balaban J connectivity index is 2.04.